The van der Waals surface area contributed by atoms with Crippen molar-refractivity contribution >= 4 is 15.9 Å². The van der Waals surface area contributed by atoms with Gasteiger partial charge in [0.1, 0.15) is 5.76 Å². The highest BCUT2D eigenvalue weighted by Gasteiger charge is 2.37. The van der Waals surface area contributed by atoms with Crippen molar-refractivity contribution in [3.8, 4) is 0 Å². The van der Waals surface area contributed by atoms with Crippen LogP contribution in [0.1, 0.15) is 34.9 Å². The van der Waals surface area contributed by atoms with Crippen LogP contribution in [0.5, 0.6) is 0 Å². The topological polar surface area (TPSA) is 79.6 Å². The van der Waals surface area contributed by atoms with Gasteiger partial charge in [-0.1, -0.05) is 42.0 Å². The van der Waals surface area contributed by atoms with Gasteiger partial charge in [0.25, 0.3) is 0 Å². The van der Waals surface area contributed by atoms with E-state index < -0.39 is 16.1 Å². The van der Waals surface area contributed by atoms with Gasteiger partial charge in [-0.2, -0.15) is 4.31 Å². The van der Waals surface area contributed by atoms with Crippen molar-refractivity contribution in [1.82, 2.24) is 9.62 Å². The third-order valence-corrected chi connectivity index (χ3v) is 7.33. The van der Waals surface area contributed by atoms with Crippen molar-refractivity contribution in [3.05, 3.63) is 89.4 Å². The maximum Gasteiger partial charge on any atom is 0.243 e. The minimum atomic E-state index is -3.74. The molecular formula is C23H24N2O4S. The Morgan fingerprint density at radius 3 is 2.60 bits per heavy atom. The molecule has 3 aromatic rings. The van der Waals surface area contributed by atoms with Crippen molar-refractivity contribution in [3.63, 3.8) is 0 Å². The zero-order valence-corrected chi connectivity index (χ0v) is 17.6. The van der Waals surface area contributed by atoms with Gasteiger partial charge in [0, 0.05) is 13.0 Å². The molecule has 0 aliphatic carbocycles. The highest BCUT2D eigenvalue weighted by atomic mass is 32.2. The summed E-state index contributed by atoms with van der Waals surface area (Å²) in [5.41, 5.74) is 2.95. The van der Waals surface area contributed by atoms with Crippen LogP contribution in [0.25, 0.3) is 0 Å². The van der Waals surface area contributed by atoms with Crippen molar-refractivity contribution < 1.29 is 17.6 Å². The minimum Gasteiger partial charge on any atom is -0.467 e. The van der Waals surface area contributed by atoms with Crippen molar-refractivity contribution in [2.45, 2.75) is 37.2 Å². The Morgan fingerprint density at radius 2 is 1.87 bits per heavy atom. The quantitative estimate of drug-likeness (QED) is 0.656. The average molecular weight is 425 g/mol. The van der Waals surface area contributed by atoms with Crippen LogP contribution < -0.4 is 5.32 Å². The molecule has 0 bridgehead atoms. The van der Waals surface area contributed by atoms with E-state index in [4.69, 9.17) is 4.42 Å². The summed E-state index contributed by atoms with van der Waals surface area (Å²) in [4.78, 5) is 12.9. The van der Waals surface area contributed by atoms with E-state index in [1.165, 1.54) is 4.31 Å². The lowest BCUT2D eigenvalue weighted by Gasteiger charge is -2.36. The molecule has 1 aliphatic rings. The fourth-order valence-corrected chi connectivity index (χ4v) is 5.43. The number of carbonyl (C=O) groups excluding carboxylic acids is 1. The average Bonchev–Trinajstić information content (AvgIpc) is 3.26. The summed E-state index contributed by atoms with van der Waals surface area (Å²) in [7, 11) is -3.74. The summed E-state index contributed by atoms with van der Waals surface area (Å²) in [5.74, 6) is 0.425. The van der Waals surface area contributed by atoms with E-state index in [-0.39, 0.29) is 23.8 Å². The molecule has 0 spiro atoms. The molecule has 0 saturated heterocycles. The van der Waals surface area contributed by atoms with Gasteiger partial charge in [0.2, 0.25) is 15.9 Å². The van der Waals surface area contributed by atoms with Gasteiger partial charge < -0.3 is 9.73 Å². The Hall–Kier alpha value is -2.90. The number of carbonyl (C=O) groups is 1. The first-order valence-electron chi connectivity index (χ1n) is 9.90. The Labute approximate surface area is 176 Å². The predicted octanol–water partition coefficient (Wildman–Crippen LogP) is 3.58. The van der Waals surface area contributed by atoms with Crippen LogP contribution >= 0.6 is 0 Å². The van der Waals surface area contributed by atoms with Crippen molar-refractivity contribution in [2.75, 3.05) is 6.54 Å². The summed E-state index contributed by atoms with van der Waals surface area (Å²) in [6.45, 7) is 2.52. The SMILES string of the molecule is Cc1ccc(S(=O)(=O)N2CCc3ccccc3[C@H]2CC(=O)NCc2ccco2)cc1. The van der Waals surface area contributed by atoms with Gasteiger partial charge in [-0.15, -0.1) is 0 Å². The van der Waals surface area contributed by atoms with Crippen LogP contribution in [0, 0.1) is 6.92 Å². The molecule has 1 atom stereocenters. The summed E-state index contributed by atoms with van der Waals surface area (Å²) in [6, 6.07) is 17.5. The largest absolute Gasteiger partial charge is 0.467 e. The zero-order chi connectivity index (χ0) is 21.1. The molecule has 156 valence electrons. The van der Waals surface area contributed by atoms with Crippen LogP contribution in [-0.2, 0) is 27.8 Å². The number of benzene rings is 2. The van der Waals surface area contributed by atoms with Gasteiger partial charge in [0.15, 0.2) is 0 Å². The van der Waals surface area contributed by atoms with Crippen LogP contribution in [0.4, 0.5) is 0 Å². The van der Waals surface area contributed by atoms with E-state index in [1.807, 2.05) is 31.2 Å². The summed E-state index contributed by atoms with van der Waals surface area (Å²) >= 11 is 0. The normalized spacial score (nSPS) is 16.8. The number of nitrogens with zero attached hydrogens (tertiary/aromatic N) is 1. The van der Waals surface area contributed by atoms with Gasteiger partial charge in [-0.25, -0.2) is 8.42 Å². The van der Waals surface area contributed by atoms with Crippen LogP contribution in [0.2, 0.25) is 0 Å². The fraction of sp³-hybridized carbons (Fsp3) is 0.261. The molecule has 4 rings (SSSR count). The molecule has 0 radical (unpaired) electrons. The highest BCUT2D eigenvalue weighted by Crippen LogP contribution is 2.36. The molecule has 2 aromatic carbocycles. The molecule has 6 nitrogen and oxygen atoms in total. The second-order valence-corrected chi connectivity index (χ2v) is 9.34. The molecule has 1 N–H and O–H groups in total. The zero-order valence-electron chi connectivity index (χ0n) is 16.7. The number of hydrogen-bond donors (Lipinski definition) is 1. The maximum absolute atomic E-state index is 13.4. The lowest BCUT2D eigenvalue weighted by atomic mass is 9.92. The molecule has 1 aromatic heterocycles. The number of aryl methyl sites for hydroxylation is 1. The number of furan rings is 1. The summed E-state index contributed by atoms with van der Waals surface area (Å²) in [5, 5.41) is 2.83. The standard InChI is InChI=1S/C23H24N2O4S/c1-17-8-10-20(11-9-17)30(27,28)25-13-12-18-5-2-3-7-21(18)22(25)15-23(26)24-16-19-6-4-14-29-19/h2-11,14,22H,12-13,15-16H2,1H3,(H,24,26)/t22-/m1/s1. The van der Waals surface area contributed by atoms with Crippen LogP contribution in [0.3, 0.4) is 0 Å². The second kappa shape index (κ2) is 8.45. The summed E-state index contributed by atoms with van der Waals surface area (Å²) in [6.07, 6.45) is 2.21. The first kappa shape index (κ1) is 20.4. The lowest BCUT2D eigenvalue weighted by molar-refractivity contribution is -0.122. The van der Waals surface area contributed by atoms with Crippen molar-refractivity contribution in [2.24, 2.45) is 0 Å². The molecule has 2 heterocycles. The van der Waals surface area contributed by atoms with E-state index in [2.05, 4.69) is 5.32 Å². The van der Waals surface area contributed by atoms with E-state index in [0.717, 1.165) is 16.7 Å². The molecule has 0 saturated carbocycles. The number of fused-ring (bicyclic) bond motifs is 1. The lowest BCUT2D eigenvalue weighted by Crippen LogP contribution is -2.42. The molecule has 1 amide bonds. The van der Waals surface area contributed by atoms with E-state index in [1.54, 1.807) is 42.7 Å². The molecule has 30 heavy (non-hydrogen) atoms. The third kappa shape index (κ3) is 4.17. The predicted molar refractivity (Wildman–Crippen MR) is 113 cm³/mol. The van der Waals surface area contributed by atoms with Crippen molar-refractivity contribution in [1.29, 1.82) is 0 Å². The smallest absolute Gasteiger partial charge is 0.243 e. The molecule has 1 aliphatic heterocycles. The van der Waals surface area contributed by atoms with Crippen LogP contribution in [0.15, 0.2) is 76.2 Å². The fourth-order valence-electron chi connectivity index (χ4n) is 3.82. The Bertz CT molecular complexity index is 1120. The van der Waals surface area contributed by atoms with Crippen LogP contribution in [-0.4, -0.2) is 25.2 Å². The van der Waals surface area contributed by atoms with Gasteiger partial charge in [0.05, 0.1) is 23.7 Å². The molecule has 0 fully saturated rings. The number of amides is 1. The van der Waals surface area contributed by atoms with E-state index in [0.29, 0.717) is 18.7 Å². The number of hydrogen-bond acceptors (Lipinski definition) is 4. The summed E-state index contributed by atoms with van der Waals surface area (Å²) < 4.78 is 33.6. The van der Waals surface area contributed by atoms with E-state index >= 15 is 0 Å². The third-order valence-electron chi connectivity index (χ3n) is 5.41. The second-order valence-electron chi connectivity index (χ2n) is 7.45. The first-order valence-corrected chi connectivity index (χ1v) is 11.3. The molecule has 0 unspecified atom stereocenters. The van der Waals surface area contributed by atoms with E-state index in [9.17, 15) is 13.2 Å². The molecule has 7 heteroatoms. The molecular weight excluding hydrogens is 400 g/mol. The van der Waals surface area contributed by atoms with Gasteiger partial charge >= 0.3 is 0 Å². The van der Waals surface area contributed by atoms with Gasteiger partial charge in [-0.3, -0.25) is 4.79 Å². The maximum atomic E-state index is 13.4. The Kier molecular flexibility index (Phi) is 5.74. The first-order chi connectivity index (χ1) is 14.4. The highest BCUT2D eigenvalue weighted by molar-refractivity contribution is 7.89. The number of nitrogens with one attached hydrogen (secondary N) is 1. The van der Waals surface area contributed by atoms with Gasteiger partial charge in [-0.05, 0) is 48.7 Å². The number of sulfonamides is 1. The monoisotopic (exact) mass is 424 g/mol. The Balaban J connectivity index is 1.62. The minimum absolute atomic E-state index is 0.0445. The Morgan fingerprint density at radius 1 is 1.10 bits per heavy atom. The number of rotatable bonds is 6.